The van der Waals surface area contributed by atoms with Crippen LogP contribution in [0, 0.1) is 0 Å². The predicted octanol–water partition coefficient (Wildman–Crippen LogP) is -1.01. The van der Waals surface area contributed by atoms with Crippen molar-refractivity contribution in [2.75, 3.05) is 0 Å². The summed E-state index contributed by atoms with van der Waals surface area (Å²) in [5.74, 6) is 0. The van der Waals surface area contributed by atoms with Gasteiger partial charge < -0.3 is 10.8 Å². The second-order valence-electron chi connectivity index (χ2n) is 0.338. The Kier molecular flexibility index (Phi) is 36.7. The van der Waals surface area contributed by atoms with Gasteiger partial charge in [-0.2, -0.15) is 0 Å². The van der Waals surface area contributed by atoms with E-state index in [4.69, 9.17) is 20.4 Å². The van der Waals surface area contributed by atoms with Crippen molar-refractivity contribution >= 4 is 35.7 Å². The minimum absolute atomic E-state index is 0. The summed E-state index contributed by atoms with van der Waals surface area (Å²) in [6.45, 7) is 0. The van der Waals surface area contributed by atoms with Crippen LogP contribution in [0.4, 0.5) is 4.79 Å². The van der Waals surface area contributed by atoms with E-state index in [9.17, 15) is 0 Å². The standard InChI is InChI=1S/CH3NO2.Na.H2O2.H/c2-1(3)4;;1-2;/h2H2,(H,3,4);;1-2H;. The van der Waals surface area contributed by atoms with Gasteiger partial charge in [0.05, 0.1) is 0 Å². The van der Waals surface area contributed by atoms with E-state index < -0.39 is 6.09 Å². The molecule has 7 heavy (non-hydrogen) atoms. The molecule has 0 aromatic heterocycles. The summed E-state index contributed by atoms with van der Waals surface area (Å²) < 4.78 is 0. The number of rotatable bonds is 0. The van der Waals surface area contributed by atoms with Crippen LogP contribution in [0.5, 0.6) is 0 Å². The van der Waals surface area contributed by atoms with Gasteiger partial charge in [0.2, 0.25) is 0 Å². The molecule has 0 aromatic carbocycles. The molecule has 5 N–H and O–H groups in total. The normalized spacial score (nSPS) is 4.29. The number of primary amides is 1. The fourth-order valence-corrected chi connectivity index (χ4v) is 0. The van der Waals surface area contributed by atoms with Crippen LogP contribution in [0.15, 0.2) is 0 Å². The topological polar surface area (TPSA) is 104 Å². The maximum atomic E-state index is 8.78. The first-order chi connectivity index (χ1) is 2.73. The van der Waals surface area contributed by atoms with Crippen molar-refractivity contribution in [3.63, 3.8) is 0 Å². The Morgan fingerprint density at radius 1 is 1.43 bits per heavy atom. The van der Waals surface area contributed by atoms with Crippen molar-refractivity contribution in [1.29, 1.82) is 0 Å². The molecule has 0 radical (unpaired) electrons. The molecule has 0 aromatic rings. The molecule has 0 bridgehead atoms. The molecule has 0 aliphatic rings. The van der Waals surface area contributed by atoms with Gasteiger partial charge in [-0.3, -0.25) is 10.5 Å². The number of hydrogen-bond donors (Lipinski definition) is 4. The molecule has 1 amide bonds. The van der Waals surface area contributed by atoms with Gasteiger partial charge in [0.15, 0.2) is 0 Å². The summed E-state index contributed by atoms with van der Waals surface area (Å²) in [6.07, 6.45) is -1.33. The minimum atomic E-state index is -1.33. The van der Waals surface area contributed by atoms with Crippen molar-refractivity contribution in [2.45, 2.75) is 0 Å². The third-order valence-corrected chi connectivity index (χ3v) is 0. The van der Waals surface area contributed by atoms with E-state index in [-0.39, 0.29) is 29.6 Å². The zero-order valence-electron chi connectivity index (χ0n) is 2.83. The second kappa shape index (κ2) is 16.4. The van der Waals surface area contributed by atoms with Crippen molar-refractivity contribution in [3.8, 4) is 0 Å². The molecular formula is CH6NNaO4. The molecule has 0 unspecified atom stereocenters. The van der Waals surface area contributed by atoms with Gasteiger partial charge in [-0.05, 0) is 0 Å². The van der Waals surface area contributed by atoms with Gasteiger partial charge >= 0.3 is 35.7 Å². The van der Waals surface area contributed by atoms with E-state index in [1.54, 1.807) is 0 Å². The van der Waals surface area contributed by atoms with Crippen LogP contribution in [-0.4, -0.2) is 51.3 Å². The summed E-state index contributed by atoms with van der Waals surface area (Å²) in [5, 5.41) is 19.2. The molecular weight excluding hydrogens is 113 g/mol. The van der Waals surface area contributed by atoms with Crippen LogP contribution in [0.3, 0.4) is 0 Å². The van der Waals surface area contributed by atoms with Crippen LogP contribution >= 0.6 is 0 Å². The van der Waals surface area contributed by atoms with E-state index in [1.807, 2.05) is 0 Å². The summed E-state index contributed by atoms with van der Waals surface area (Å²) in [7, 11) is 0. The summed E-state index contributed by atoms with van der Waals surface area (Å²) in [4.78, 5) is 8.78. The van der Waals surface area contributed by atoms with Crippen LogP contribution in [0.25, 0.3) is 0 Å². The van der Waals surface area contributed by atoms with Crippen molar-refractivity contribution in [2.24, 2.45) is 5.73 Å². The van der Waals surface area contributed by atoms with Gasteiger partial charge in [-0.25, -0.2) is 4.79 Å². The van der Waals surface area contributed by atoms with Gasteiger partial charge in [-0.15, -0.1) is 0 Å². The average Bonchev–Trinajstić information content (AvgIpc) is 1.41. The molecule has 0 aliphatic carbocycles. The Bertz CT molecular complexity index is 34.7. The second-order valence-corrected chi connectivity index (χ2v) is 0.338. The Morgan fingerprint density at radius 2 is 1.43 bits per heavy atom. The van der Waals surface area contributed by atoms with Gasteiger partial charge in [0.25, 0.3) is 0 Å². The maximum absolute atomic E-state index is 8.78. The first kappa shape index (κ1) is 15.7. The Hall–Kier alpha value is 0.190. The quantitative estimate of drug-likeness (QED) is 0.186. The zero-order chi connectivity index (χ0) is 5.58. The first-order valence-corrected chi connectivity index (χ1v) is 0.916. The van der Waals surface area contributed by atoms with Gasteiger partial charge in [0.1, 0.15) is 0 Å². The molecule has 40 valence electrons. The molecule has 0 fully saturated rings. The average molecular weight is 119 g/mol. The molecule has 0 saturated carbocycles. The Morgan fingerprint density at radius 3 is 1.43 bits per heavy atom. The number of amides is 1. The SMILES string of the molecule is NC(=O)O.OO.[NaH]. The van der Waals surface area contributed by atoms with Crippen molar-refractivity contribution in [3.05, 3.63) is 0 Å². The molecule has 0 heterocycles. The molecule has 5 nitrogen and oxygen atoms in total. The molecule has 0 aliphatic heterocycles. The number of nitrogens with two attached hydrogens (primary N) is 1. The summed E-state index contributed by atoms with van der Waals surface area (Å²) >= 11 is 0. The molecule has 0 saturated heterocycles. The van der Waals surface area contributed by atoms with Crippen LogP contribution in [-0.2, 0) is 0 Å². The number of carbonyl (C=O) groups is 1. The first-order valence-electron chi connectivity index (χ1n) is 0.916. The van der Waals surface area contributed by atoms with E-state index in [1.165, 1.54) is 0 Å². The fraction of sp³-hybridized carbons (Fsp3) is 0. The van der Waals surface area contributed by atoms with Gasteiger partial charge in [0, 0.05) is 0 Å². The van der Waals surface area contributed by atoms with Crippen molar-refractivity contribution in [1.82, 2.24) is 0 Å². The van der Waals surface area contributed by atoms with E-state index in [2.05, 4.69) is 5.73 Å². The molecule has 0 rings (SSSR count). The molecule has 0 spiro atoms. The third kappa shape index (κ3) is 3010. The number of carboxylic acid groups (broad SMARTS) is 1. The summed E-state index contributed by atoms with van der Waals surface area (Å²) in [6, 6.07) is 0. The predicted molar refractivity (Wildman–Crippen MR) is 24.6 cm³/mol. The van der Waals surface area contributed by atoms with Crippen molar-refractivity contribution < 1.29 is 20.4 Å². The zero-order valence-corrected chi connectivity index (χ0v) is 2.83. The van der Waals surface area contributed by atoms with E-state index >= 15 is 0 Å². The van der Waals surface area contributed by atoms with Crippen LogP contribution < -0.4 is 5.73 Å². The fourth-order valence-electron chi connectivity index (χ4n) is 0. The third-order valence-electron chi connectivity index (χ3n) is 0. The molecule has 0 atom stereocenters. The monoisotopic (exact) mass is 119 g/mol. The Balaban J connectivity index is -0.0000000480. The summed E-state index contributed by atoms with van der Waals surface area (Å²) in [5.41, 5.74) is 4.03. The van der Waals surface area contributed by atoms with E-state index in [0.29, 0.717) is 0 Å². The van der Waals surface area contributed by atoms with E-state index in [0.717, 1.165) is 0 Å². The Labute approximate surface area is 62.0 Å². The molecule has 6 heteroatoms. The van der Waals surface area contributed by atoms with Crippen LogP contribution in [0.2, 0.25) is 0 Å². The van der Waals surface area contributed by atoms with Crippen LogP contribution in [0.1, 0.15) is 0 Å². The van der Waals surface area contributed by atoms with Gasteiger partial charge in [-0.1, -0.05) is 0 Å². The number of hydrogen-bond acceptors (Lipinski definition) is 3.